The van der Waals surface area contributed by atoms with Gasteiger partial charge in [-0.25, -0.2) is 28.4 Å². The number of halogens is 2. The lowest BCUT2D eigenvalue weighted by atomic mass is 10.2. The second kappa shape index (κ2) is 13.5. The maximum absolute atomic E-state index is 12.0. The van der Waals surface area contributed by atoms with Crippen molar-refractivity contribution < 1.29 is 18.0 Å². The second-order valence-electron chi connectivity index (χ2n) is 6.99. The summed E-state index contributed by atoms with van der Waals surface area (Å²) in [5, 5.41) is 0.262. The number of sulfone groups is 1. The van der Waals surface area contributed by atoms with Gasteiger partial charge in [0.2, 0.25) is 15.0 Å². The molecule has 4 rings (SSSR count). The molecule has 2 aromatic carbocycles. The fraction of sp³-hybridized carbons (Fsp3) is 0.0833. The van der Waals surface area contributed by atoms with Crippen LogP contribution in [0.25, 0.3) is 0 Å². The first kappa shape index (κ1) is 27.8. The minimum atomic E-state index is -3.82. The van der Waals surface area contributed by atoms with Gasteiger partial charge < -0.3 is 0 Å². The van der Waals surface area contributed by atoms with E-state index in [1.54, 1.807) is 42.7 Å². The topological polar surface area (TPSA) is 120 Å². The van der Waals surface area contributed by atoms with Gasteiger partial charge in [0.25, 0.3) is 0 Å². The molecule has 8 nitrogen and oxygen atoms in total. The zero-order chi connectivity index (χ0) is 26.0. The Morgan fingerprint density at radius 2 is 1.14 bits per heavy atom. The molecular weight excluding hydrogens is 632 g/mol. The molecule has 2 aromatic heterocycles. The van der Waals surface area contributed by atoms with E-state index in [1.807, 2.05) is 30.3 Å². The summed E-state index contributed by atoms with van der Waals surface area (Å²) < 4.78 is 25.3. The molecule has 0 unspecified atom stereocenters. The van der Waals surface area contributed by atoms with Crippen molar-refractivity contribution in [1.29, 1.82) is 0 Å². The second-order valence-corrected chi connectivity index (χ2v) is 11.7. The number of carbonyl (C=O) groups is 2. The van der Waals surface area contributed by atoms with Gasteiger partial charge in [0.1, 0.15) is 5.75 Å². The highest BCUT2D eigenvalue weighted by molar-refractivity contribution is 9.10. The van der Waals surface area contributed by atoms with Crippen molar-refractivity contribution in [3.05, 3.63) is 106 Å². The predicted octanol–water partition coefficient (Wildman–Crippen LogP) is 5.11. The van der Waals surface area contributed by atoms with Gasteiger partial charge in [-0.05, 0) is 31.9 Å². The van der Waals surface area contributed by atoms with Crippen molar-refractivity contribution in [2.45, 2.75) is 10.3 Å². The zero-order valence-electron chi connectivity index (χ0n) is 18.5. The van der Waals surface area contributed by atoms with Gasteiger partial charge >= 0.3 is 0 Å². The fourth-order valence-electron chi connectivity index (χ4n) is 2.62. The number of hydrogen-bond donors (Lipinski definition) is 0. The molecule has 4 aromatic rings. The quantitative estimate of drug-likeness (QED) is 0.146. The summed E-state index contributed by atoms with van der Waals surface area (Å²) in [4.78, 5) is 39.2. The van der Waals surface area contributed by atoms with E-state index in [2.05, 4.69) is 51.8 Å². The molecule has 36 heavy (non-hydrogen) atoms. The van der Waals surface area contributed by atoms with Crippen LogP contribution in [-0.4, -0.2) is 51.4 Å². The number of rotatable bonds is 8. The minimum absolute atomic E-state index is 0.0853. The molecule has 0 amide bonds. The molecule has 12 heteroatoms. The van der Waals surface area contributed by atoms with Crippen molar-refractivity contribution >= 4 is 65.0 Å². The molecule has 0 spiro atoms. The third-order valence-electron chi connectivity index (χ3n) is 4.32. The highest BCUT2D eigenvalue weighted by Gasteiger charge is 2.23. The summed E-state index contributed by atoms with van der Waals surface area (Å²) in [6, 6.07) is 17.5. The number of carbonyl (C=O) groups excluding carboxylic acids is 2. The average Bonchev–Trinajstić information content (AvgIpc) is 2.89. The Bertz CT molecular complexity index is 1410. The van der Waals surface area contributed by atoms with Crippen LogP contribution in [0.5, 0.6) is 0 Å². The SMILES string of the molecule is O=C(CS(=O)(=O)c1ncc(Br)cn1)c1ccccc1.O=C(CSc1ncc(Br)cn1)c1ccccc1. The van der Waals surface area contributed by atoms with Crippen LogP contribution in [0.15, 0.2) is 105 Å². The van der Waals surface area contributed by atoms with E-state index in [9.17, 15) is 18.0 Å². The Hall–Kier alpha value is -2.80. The summed E-state index contributed by atoms with van der Waals surface area (Å²) in [5.41, 5.74) is 1.07. The van der Waals surface area contributed by atoms with E-state index >= 15 is 0 Å². The van der Waals surface area contributed by atoms with Crippen LogP contribution in [0.4, 0.5) is 0 Å². The summed E-state index contributed by atoms with van der Waals surface area (Å²) >= 11 is 7.71. The number of Topliss-reactive ketones (excluding diaryl/α,β-unsaturated/α-hetero) is 2. The third-order valence-corrected chi connectivity index (χ3v) is 7.42. The monoisotopic (exact) mass is 648 g/mol. The first-order valence-electron chi connectivity index (χ1n) is 10.2. The Balaban J connectivity index is 0.000000202. The van der Waals surface area contributed by atoms with E-state index < -0.39 is 21.4 Å². The average molecular weight is 650 g/mol. The van der Waals surface area contributed by atoms with Crippen molar-refractivity contribution in [3.8, 4) is 0 Å². The van der Waals surface area contributed by atoms with Crippen LogP contribution in [0.3, 0.4) is 0 Å². The first-order chi connectivity index (χ1) is 17.2. The Morgan fingerprint density at radius 3 is 1.64 bits per heavy atom. The summed E-state index contributed by atoms with van der Waals surface area (Å²) in [6.45, 7) is 0. The number of benzene rings is 2. The highest BCUT2D eigenvalue weighted by Crippen LogP contribution is 2.16. The molecule has 184 valence electrons. The van der Waals surface area contributed by atoms with Crippen LogP contribution in [0.2, 0.25) is 0 Å². The molecule has 0 radical (unpaired) electrons. The number of aromatic nitrogens is 4. The van der Waals surface area contributed by atoms with Crippen LogP contribution in [0, 0.1) is 0 Å². The van der Waals surface area contributed by atoms with Gasteiger partial charge in [0.15, 0.2) is 16.7 Å². The van der Waals surface area contributed by atoms with Crippen LogP contribution in [-0.2, 0) is 9.84 Å². The summed E-state index contributed by atoms with van der Waals surface area (Å²) in [7, 11) is -3.82. The van der Waals surface area contributed by atoms with E-state index in [-0.39, 0.29) is 10.9 Å². The maximum atomic E-state index is 12.0. The van der Waals surface area contributed by atoms with Crippen molar-refractivity contribution in [1.82, 2.24) is 19.9 Å². The van der Waals surface area contributed by atoms with Crippen LogP contribution < -0.4 is 0 Å². The fourth-order valence-corrected chi connectivity index (χ4v) is 4.78. The van der Waals surface area contributed by atoms with E-state index in [0.717, 1.165) is 10.0 Å². The number of hydrogen-bond acceptors (Lipinski definition) is 9. The Morgan fingerprint density at radius 1 is 0.694 bits per heavy atom. The molecule has 0 aliphatic rings. The van der Waals surface area contributed by atoms with E-state index in [4.69, 9.17) is 0 Å². The van der Waals surface area contributed by atoms with Gasteiger partial charge in [-0.3, -0.25) is 9.59 Å². The molecule has 0 fully saturated rings. The van der Waals surface area contributed by atoms with Crippen molar-refractivity contribution in [2.75, 3.05) is 11.5 Å². The minimum Gasteiger partial charge on any atom is -0.293 e. The molecule has 0 saturated heterocycles. The lowest BCUT2D eigenvalue weighted by Gasteiger charge is -2.02. The first-order valence-corrected chi connectivity index (χ1v) is 14.4. The number of nitrogens with zero attached hydrogens (tertiary/aromatic N) is 4. The summed E-state index contributed by atoms with van der Waals surface area (Å²) in [6.07, 6.45) is 5.99. The van der Waals surface area contributed by atoms with Gasteiger partial charge in [0, 0.05) is 35.9 Å². The van der Waals surface area contributed by atoms with E-state index in [0.29, 0.717) is 20.9 Å². The van der Waals surface area contributed by atoms with Gasteiger partial charge in [-0.2, -0.15) is 0 Å². The standard InChI is InChI=1S/C12H9BrN2O3S.C12H9BrN2OS/c13-10-6-14-12(15-7-10)19(17,18)8-11(16)9-4-2-1-3-5-9;13-10-6-14-12(15-7-10)17-8-11(16)9-4-2-1-3-5-9/h1-7H,8H2;1-7H,8H2. The number of thioether (sulfide) groups is 1. The number of ketones is 2. The molecule has 0 bridgehead atoms. The molecule has 0 aliphatic heterocycles. The maximum Gasteiger partial charge on any atom is 0.247 e. The molecule has 0 N–H and O–H groups in total. The van der Waals surface area contributed by atoms with Crippen molar-refractivity contribution in [2.24, 2.45) is 0 Å². The lowest BCUT2D eigenvalue weighted by molar-refractivity contribution is 0.101. The van der Waals surface area contributed by atoms with Crippen molar-refractivity contribution in [3.63, 3.8) is 0 Å². The zero-order valence-corrected chi connectivity index (χ0v) is 23.3. The van der Waals surface area contributed by atoms with Gasteiger partial charge in [0.05, 0.1) is 14.7 Å². The molecule has 2 heterocycles. The van der Waals surface area contributed by atoms with Gasteiger partial charge in [-0.15, -0.1) is 0 Å². The van der Waals surface area contributed by atoms with E-state index in [1.165, 1.54) is 24.2 Å². The highest BCUT2D eigenvalue weighted by atomic mass is 79.9. The smallest absolute Gasteiger partial charge is 0.247 e. The molecule has 0 saturated carbocycles. The largest absolute Gasteiger partial charge is 0.293 e. The van der Waals surface area contributed by atoms with Crippen LogP contribution >= 0.6 is 43.6 Å². The van der Waals surface area contributed by atoms with Gasteiger partial charge in [-0.1, -0.05) is 72.4 Å². The molecule has 0 aliphatic carbocycles. The molecular formula is C24H18Br2N4O4S2. The predicted molar refractivity (Wildman–Crippen MR) is 144 cm³/mol. The Labute approximate surface area is 229 Å². The third kappa shape index (κ3) is 8.70. The van der Waals surface area contributed by atoms with Crippen LogP contribution in [0.1, 0.15) is 20.7 Å². The lowest BCUT2D eigenvalue weighted by Crippen LogP contribution is -2.18. The molecule has 0 atom stereocenters. The normalized spacial score (nSPS) is 10.7. The Kier molecular flexibility index (Phi) is 10.4. The summed E-state index contributed by atoms with van der Waals surface area (Å²) in [5.74, 6) is -0.682.